The molecule has 0 aliphatic rings. The van der Waals surface area contributed by atoms with E-state index >= 15 is 0 Å². The van der Waals surface area contributed by atoms with Crippen molar-refractivity contribution in [3.8, 4) is 16.2 Å². The van der Waals surface area contributed by atoms with Crippen LogP contribution < -0.4 is 0 Å². The molecule has 0 amide bonds. The SMILES string of the molecule is N#C[S-].N#C[S-].N#C[S][Hg].[Zn+2]. The number of thiocyanates is 3. The monoisotopic (exact) mass is 440 g/mol. The van der Waals surface area contributed by atoms with Gasteiger partial charge in [0.2, 0.25) is 0 Å². The zero-order chi connectivity index (χ0) is 8.83. The van der Waals surface area contributed by atoms with Gasteiger partial charge in [-0.3, -0.25) is 0 Å². The molecular weight excluding hydrogens is 440 g/mol. The van der Waals surface area contributed by atoms with Crippen LogP contribution in [0.5, 0.6) is 0 Å². The Bertz CT molecular complexity index is 145. The summed E-state index contributed by atoms with van der Waals surface area (Å²) in [4.78, 5) is 0. The maximum Gasteiger partial charge on any atom is 2.00 e. The topological polar surface area (TPSA) is 71.4 Å². The summed E-state index contributed by atoms with van der Waals surface area (Å²) < 4.78 is 0. The first-order valence-corrected chi connectivity index (χ1v) is 10.1. The summed E-state index contributed by atoms with van der Waals surface area (Å²) >= 11 is 8.03. The van der Waals surface area contributed by atoms with Gasteiger partial charge in [0.1, 0.15) is 0 Å². The van der Waals surface area contributed by atoms with Crippen LogP contribution in [0.2, 0.25) is 0 Å². The summed E-state index contributed by atoms with van der Waals surface area (Å²) in [6.07, 6.45) is 0. The van der Waals surface area contributed by atoms with Crippen molar-refractivity contribution in [2.24, 2.45) is 0 Å². The Morgan fingerprint density at radius 1 is 1.09 bits per heavy atom. The zero-order valence-electron chi connectivity index (χ0n) is 5.48. The van der Waals surface area contributed by atoms with Crippen LogP contribution in [0.3, 0.4) is 0 Å². The molecule has 0 aliphatic heterocycles. The molecule has 0 bridgehead atoms. The third-order valence-electron chi connectivity index (χ3n) is 0.0645. The number of hydrogen-bond donors (Lipinski definition) is 0. The largest absolute Gasteiger partial charge is 2.00 e. The third kappa shape index (κ3) is 254. The number of rotatable bonds is 0. The first-order valence-electron chi connectivity index (χ1n) is 1.57. The predicted octanol–water partition coefficient (Wildman–Crippen LogP) is 0.689. The van der Waals surface area contributed by atoms with Crippen molar-refractivity contribution in [2.45, 2.75) is 0 Å². The van der Waals surface area contributed by atoms with Crippen molar-refractivity contribution in [1.29, 1.82) is 15.8 Å². The molecular formula is C3HgN3S3Zn. The van der Waals surface area contributed by atoms with Gasteiger partial charge in [-0.25, -0.2) is 10.5 Å². The van der Waals surface area contributed by atoms with Gasteiger partial charge in [0.15, 0.2) is 0 Å². The smallest absolute Gasteiger partial charge is 2.00 e. The standard InChI is InChI=1S/3CHNS.Hg.Zn/c3*2-1-3;;/h3*3H;;/q;;;+1;+2/p-3. The summed E-state index contributed by atoms with van der Waals surface area (Å²) in [5, 5.41) is 26.5. The van der Waals surface area contributed by atoms with E-state index in [-0.39, 0.29) is 19.5 Å². The van der Waals surface area contributed by atoms with Crippen LogP contribution in [0.15, 0.2) is 0 Å². The van der Waals surface area contributed by atoms with E-state index in [4.69, 9.17) is 15.8 Å². The minimum absolute atomic E-state index is 0. The molecule has 0 rings (SSSR count). The number of hydrogen-bond acceptors (Lipinski definition) is 6. The normalized spacial score (nSPS) is 3.18. The molecule has 0 aliphatic carbocycles. The molecule has 0 aromatic carbocycles. The third-order valence-corrected chi connectivity index (χ3v) is 1.70. The summed E-state index contributed by atoms with van der Waals surface area (Å²) in [7, 11) is 1.36. The van der Waals surface area contributed by atoms with Crippen LogP contribution in [-0.4, -0.2) is 0 Å². The van der Waals surface area contributed by atoms with Crippen molar-refractivity contribution in [1.82, 2.24) is 0 Å². The molecule has 0 fully saturated rings. The minimum atomic E-state index is 0. The van der Waals surface area contributed by atoms with E-state index in [1.165, 1.54) is 19.0 Å². The first kappa shape index (κ1) is 22.6. The molecule has 0 aromatic heterocycles. The predicted molar refractivity (Wildman–Crippen MR) is 39.2 cm³/mol. The summed E-state index contributed by atoms with van der Waals surface area (Å²) in [5.41, 5.74) is 0. The van der Waals surface area contributed by atoms with Crippen molar-refractivity contribution in [2.75, 3.05) is 0 Å². The number of nitrogens with zero attached hydrogens (tertiary/aromatic N) is 3. The van der Waals surface area contributed by atoms with Crippen LogP contribution in [0, 0.1) is 32.0 Å². The molecule has 8 heteroatoms. The Kier molecular flexibility index (Phi) is 92.4. The molecule has 0 heterocycles. The average Bonchev–Trinajstić information content (AvgIpc) is 1.91. The van der Waals surface area contributed by atoms with Crippen LogP contribution in [0.4, 0.5) is 0 Å². The van der Waals surface area contributed by atoms with E-state index in [2.05, 4.69) is 25.3 Å². The maximum absolute atomic E-state index is 7.64. The summed E-state index contributed by atoms with van der Waals surface area (Å²) in [6.45, 7) is 0. The maximum atomic E-state index is 7.64. The zero-order valence-corrected chi connectivity index (χ0v) is 16.4. The molecule has 0 spiro atoms. The van der Waals surface area contributed by atoms with Crippen LogP contribution in [0.25, 0.3) is 0 Å². The van der Waals surface area contributed by atoms with E-state index in [9.17, 15) is 0 Å². The molecule has 0 N–H and O–H groups in total. The Morgan fingerprint density at radius 3 is 1.18 bits per heavy atom. The van der Waals surface area contributed by atoms with Gasteiger partial charge in [-0.1, -0.05) is 10.8 Å². The molecule has 11 heavy (non-hydrogen) atoms. The van der Waals surface area contributed by atoms with E-state index in [0.29, 0.717) is 24.6 Å². The second-order valence-corrected chi connectivity index (χ2v) is 4.62. The average molecular weight is 440 g/mol. The van der Waals surface area contributed by atoms with E-state index in [0.717, 1.165) is 0 Å². The van der Waals surface area contributed by atoms with Gasteiger partial charge in [0, 0.05) is 0 Å². The molecule has 3 nitrogen and oxygen atoms in total. The summed E-state index contributed by atoms with van der Waals surface area (Å²) in [5.74, 6) is 0. The Morgan fingerprint density at radius 2 is 1.18 bits per heavy atom. The van der Waals surface area contributed by atoms with Crippen molar-refractivity contribution >= 4 is 33.5 Å². The summed E-state index contributed by atoms with van der Waals surface area (Å²) in [6, 6.07) is 0. The van der Waals surface area contributed by atoms with Gasteiger partial charge >= 0.3 is 63.0 Å². The van der Waals surface area contributed by atoms with Gasteiger partial charge in [-0.15, -0.1) is 0 Å². The van der Waals surface area contributed by atoms with E-state index in [1.807, 2.05) is 5.40 Å². The Balaban J connectivity index is -0.0000000325. The number of nitriles is 3. The molecule has 0 saturated heterocycles. The van der Waals surface area contributed by atoms with Gasteiger partial charge in [-0.2, -0.15) is 0 Å². The van der Waals surface area contributed by atoms with E-state index < -0.39 is 0 Å². The Labute approximate surface area is 108 Å². The fourth-order valence-electron chi connectivity index (χ4n) is 0. The quantitative estimate of drug-likeness (QED) is 0.314. The molecule has 0 saturated carbocycles. The van der Waals surface area contributed by atoms with Gasteiger partial charge in [0.25, 0.3) is 0 Å². The van der Waals surface area contributed by atoms with Crippen LogP contribution in [0.1, 0.15) is 0 Å². The Hall–Kier alpha value is 0.818. The fraction of sp³-hybridized carbons (Fsp3) is 0. The molecule has 0 aromatic rings. The van der Waals surface area contributed by atoms with Gasteiger partial charge < -0.3 is 25.3 Å². The van der Waals surface area contributed by atoms with E-state index in [1.54, 1.807) is 0 Å². The second-order valence-electron chi connectivity index (χ2n) is 0.418. The van der Waals surface area contributed by atoms with Crippen LogP contribution >= 0.6 is 8.24 Å². The molecule has 0 atom stereocenters. The van der Waals surface area contributed by atoms with Gasteiger partial charge in [0.05, 0.1) is 0 Å². The van der Waals surface area contributed by atoms with Gasteiger partial charge in [-0.05, 0) is 0 Å². The second kappa shape index (κ2) is 44.9. The van der Waals surface area contributed by atoms with Crippen molar-refractivity contribution in [3.63, 3.8) is 0 Å². The molecule has 0 unspecified atom stereocenters. The van der Waals surface area contributed by atoms with Crippen LogP contribution in [-0.2, 0) is 69.3 Å². The van der Waals surface area contributed by atoms with Crippen molar-refractivity contribution < 1.29 is 44.1 Å². The fourth-order valence-corrected chi connectivity index (χ4v) is 0. The molecule has 0 radical (unpaired) electrons. The van der Waals surface area contributed by atoms with Crippen molar-refractivity contribution in [3.05, 3.63) is 0 Å². The first-order chi connectivity index (χ1) is 4.74. The minimum Gasteiger partial charge on any atom is 2.00 e. The molecule has 49 valence electrons.